The zero-order valence-corrected chi connectivity index (χ0v) is 33.7. The molecule has 0 saturated heterocycles. The van der Waals surface area contributed by atoms with Gasteiger partial charge in [-0.1, -0.05) is 156 Å². The maximum atomic E-state index is 13.2. The van der Waals surface area contributed by atoms with Crippen molar-refractivity contribution in [3.8, 4) is 0 Å². The van der Waals surface area contributed by atoms with Gasteiger partial charge in [0.05, 0.1) is 6.61 Å². The van der Waals surface area contributed by atoms with Gasteiger partial charge in [-0.2, -0.15) is 0 Å². The summed E-state index contributed by atoms with van der Waals surface area (Å²) in [5.74, 6) is -2.31. The maximum absolute atomic E-state index is 13.2. The van der Waals surface area contributed by atoms with Crippen LogP contribution in [0.4, 0.5) is 0 Å². The van der Waals surface area contributed by atoms with Crippen molar-refractivity contribution in [3.05, 3.63) is 0 Å². The standard InChI is InChI=1S/C42H78O10/c1-5-9-13-17-21-25-29-37(45)49-34-35(44)41(51-39(47)31-27-23-19-15-11-7-3)42(52-40(48)32-28-24-20-16-12-8-4)36(33-43)50-38(46)30-26-22-18-14-10-6-2/h35-36,41-44H,5-34H2,1-4H3/t35-,36+,41+,42+/m0/s1. The van der Waals surface area contributed by atoms with Crippen molar-refractivity contribution in [2.24, 2.45) is 0 Å². The maximum Gasteiger partial charge on any atom is 0.306 e. The van der Waals surface area contributed by atoms with Crippen LogP contribution in [0.5, 0.6) is 0 Å². The van der Waals surface area contributed by atoms with E-state index in [2.05, 4.69) is 27.7 Å². The molecule has 0 aromatic carbocycles. The molecule has 10 nitrogen and oxygen atoms in total. The number of rotatable bonds is 37. The molecular formula is C42H78O10. The Bertz CT molecular complexity index is 879. The highest BCUT2D eigenvalue weighted by Gasteiger charge is 2.42. The number of unbranched alkanes of at least 4 members (excludes halogenated alkanes) is 20. The second-order valence-corrected chi connectivity index (χ2v) is 14.4. The van der Waals surface area contributed by atoms with Crippen LogP contribution >= 0.6 is 0 Å². The van der Waals surface area contributed by atoms with E-state index in [0.29, 0.717) is 25.7 Å². The third kappa shape index (κ3) is 28.3. The first-order valence-corrected chi connectivity index (χ1v) is 21.3. The van der Waals surface area contributed by atoms with Gasteiger partial charge in [0.1, 0.15) is 12.7 Å². The fourth-order valence-electron chi connectivity index (χ4n) is 6.12. The molecule has 0 amide bonds. The zero-order chi connectivity index (χ0) is 38.7. The summed E-state index contributed by atoms with van der Waals surface area (Å²) >= 11 is 0. The Hall–Kier alpha value is -2.20. The molecule has 10 heteroatoms. The molecule has 0 aromatic heterocycles. The van der Waals surface area contributed by atoms with E-state index in [1.54, 1.807) is 0 Å². The van der Waals surface area contributed by atoms with Crippen LogP contribution in [-0.4, -0.2) is 71.7 Å². The Balaban J connectivity index is 5.89. The summed E-state index contributed by atoms with van der Waals surface area (Å²) in [6, 6.07) is 0. The molecule has 0 aliphatic heterocycles. The molecule has 52 heavy (non-hydrogen) atoms. The lowest BCUT2D eigenvalue weighted by Gasteiger charge is -2.34. The average molecular weight is 743 g/mol. The van der Waals surface area contributed by atoms with Gasteiger partial charge in [-0.25, -0.2) is 0 Å². The molecule has 0 fully saturated rings. The zero-order valence-electron chi connectivity index (χ0n) is 33.7. The van der Waals surface area contributed by atoms with Crippen LogP contribution in [0.3, 0.4) is 0 Å². The molecule has 2 N–H and O–H groups in total. The molecule has 0 spiro atoms. The van der Waals surface area contributed by atoms with Crippen molar-refractivity contribution < 1.29 is 48.3 Å². The first kappa shape index (κ1) is 49.8. The minimum absolute atomic E-state index is 0.0766. The molecule has 0 aliphatic carbocycles. The van der Waals surface area contributed by atoms with Gasteiger partial charge < -0.3 is 29.2 Å². The van der Waals surface area contributed by atoms with Crippen molar-refractivity contribution in [2.75, 3.05) is 13.2 Å². The molecule has 0 unspecified atom stereocenters. The van der Waals surface area contributed by atoms with Crippen molar-refractivity contribution in [1.82, 2.24) is 0 Å². The third-order valence-corrected chi connectivity index (χ3v) is 9.42. The Kier molecular flexibility index (Phi) is 34.3. The molecule has 0 aromatic rings. The van der Waals surface area contributed by atoms with E-state index in [4.69, 9.17) is 18.9 Å². The number of ether oxygens (including phenoxy) is 4. The van der Waals surface area contributed by atoms with E-state index in [1.807, 2.05) is 0 Å². The summed E-state index contributed by atoms with van der Waals surface area (Å²) < 4.78 is 22.6. The quantitative estimate of drug-likeness (QED) is 0.0358. The first-order chi connectivity index (χ1) is 25.2. The van der Waals surface area contributed by atoms with Crippen LogP contribution in [-0.2, 0) is 38.1 Å². The lowest BCUT2D eigenvalue weighted by atomic mass is 10.0. The molecule has 0 rings (SSSR count). The number of hydrogen-bond donors (Lipinski definition) is 2. The summed E-state index contributed by atoms with van der Waals surface area (Å²) in [4.78, 5) is 51.8. The van der Waals surface area contributed by atoms with Gasteiger partial charge in [-0.15, -0.1) is 0 Å². The monoisotopic (exact) mass is 743 g/mol. The van der Waals surface area contributed by atoms with Crippen LogP contribution in [0, 0.1) is 0 Å². The Morgan fingerprint density at radius 1 is 0.423 bits per heavy atom. The molecule has 0 bridgehead atoms. The van der Waals surface area contributed by atoms with Crippen molar-refractivity contribution in [3.63, 3.8) is 0 Å². The Morgan fingerprint density at radius 3 is 1.10 bits per heavy atom. The van der Waals surface area contributed by atoms with E-state index in [-0.39, 0.29) is 25.7 Å². The number of hydrogen-bond acceptors (Lipinski definition) is 10. The SMILES string of the molecule is CCCCCCCCC(=O)OC[C@H](O)[C@@H](OC(=O)CCCCCCCC)[C@H](OC(=O)CCCCCCCC)[C@@H](CO)OC(=O)CCCCCCCC. The van der Waals surface area contributed by atoms with Crippen LogP contribution in [0.25, 0.3) is 0 Å². The van der Waals surface area contributed by atoms with Gasteiger partial charge in [0.2, 0.25) is 0 Å². The van der Waals surface area contributed by atoms with E-state index in [9.17, 15) is 29.4 Å². The van der Waals surface area contributed by atoms with Crippen LogP contribution in [0.1, 0.15) is 207 Å². The van der Waals surface area contributed by atoms with Crippen molar-refractivity contribution in [1.29, 1.82) is 0 Å². The molecular weight excluding hydrogens is 664 g/mol. The second kappa shape index (κ2) is 35.8. The minimum Gasteiger partial charge on any atom is -0.463 e. The lowest BCUT2D eigenvalue weighted by Crippen LogP contribution is -2.53. The fraction of sp³-hybridized carbons (Fsp3) is 0.905. The van der Waals surface area contributed by atoms with Gasteiger partial charge in [-0.3, -0.25) is 19.2 Å². The van der Waals surface area contributed by atoms with E-state index in [1.165, 1.54) is 0 Å². The Morgan fingerprint density at radius 2 is 0.731 bits per heavy atom. The molecule has 0 aliphatic rings. The van der Waals surface area contributed by atoms with Crippen molar-refractivity contribution >= 4 is 23.9 Å². The lowest BCUT2D eigenvalue weighted by molar-refractivity contribution is -0.202. The summed E-state index contributed by atoms with van der Waals surface area (Å²) in [6.45, 7) is 7.31. The van der Waals surface area contributed by atoms with E-state index in [0.717, 1.165) is 128 Å². The first-order valence-electron chi connectivity index (χ1n) is 21.3. The highest BCUT2D eigenvalue weighted by molar-refractivity contribution is 5.72. The second-order valence-electron chi connectivity index (χ2n) is 14.4. The highest BCUT2D eigenvalue weighted by Crippen LogP contribution is 2.21. The molecule has 0 radical (unpaired) electrons. The van der Waals surface area contributed by atoms with Crippen LogP contribution < -0.4 is 0 Å². The van der Waals surface area contributed by atoms with Gasteiger partial charge in [0, 0.05) is 25.7 Å². The number of esters is 4. The molecule has 306 valence electrons. The van der Waals surface area contributed by atoms with Gasteiger partial charge in [-0.05, 0) is 25.7 Å². The van der Waals surface area contributed by atoms with Gasteiger partial charge in [0.25, 0.3) is 0 Å². The highest BCUT2D eigenvalue weighted by atomic mass is 16.6. The molecule has 0 saturated carbocycles. The number of aliphatic hydroxyl groups is 2. The van der Waals surface area contributed by atoms with Crippen molar-refractivity contribution in [2.45, 2.75) is 232 Å². The normalized spacial score (nSPS) is 13.6. The number of carbonyl (C=O) groups excluding carboxylic acids is 4. The van der Waals surface area contributed by atoms with Gasteiger partial charge >= 0.3 is 23.9 Å². The number of aliphatic hydroxyl groups excluding tert-OH is 2. The summed E-state index contributed by atoms with van der Waals surface area (Å²) in [5, 5.41) is 21.8. The summed E-state index contributed by atoms with van der Waals surface area (Å²) in [6.07, 6.45) is 17.7. The third-order valence-electron chi connectivity index (χ3n) is 9.42. The molecule has 0 heterocycles. The van der Waals surface area contributed by atoms with Gasteiger partial charge in [0.15, 0.2) is 18.3 Å². The average Bonchev–Trinajstić information content (AvgIpc) is 3.13. The summed E-state index contributed by atoms with van der Waals surface area (Å²) in [5.41, 5.74) is 0. The van der Waals surface area contributed by atoms with E-state index >= 15 is 0 Å². The predicted octanol–water partition coefficient (Wildman–Crippen LogP) is 9.62. The van der Waals surface area contributed by atoms with Crippen LogP contribution in [0.2, 0.25) is 0 Å². The largest absolute Gasteiger partial charge is 0.463 e. The Labute approximate surface area is 316 Å². The molecule has 4 atom stereocenters. The predicted molar refractivity (Wildman–Crippen MR) is 206 cm³/mol. The number of carbonyl (C=O) groups is 4. The van der Waals surface area contributed by atoms with E-state index < -0.39 is 61.5 Å². The minimum atomic E-state index is -1.60. The summed E-state index contributed by atoms with van der Waals surface area (Å²) in [7, 11) is 0. The van der Waals surface area contributed by atoms with Crippen LogP contribution in [0.15, 0.2) is 0 Å². The smallest absolute Gasteiger partial charge is 0.306 e. The fourth-order valence-corrected chi connectivity index (χ4v) is 6.12. The topological polar surface area (TPSA) is 146 Å².